The first-order chi connectivity index (χ1) is 17.5. The van der Waals surface area contributed by atoms with Crippen molar-refractivity contribution in [2.75, 3.05) is 25.7 Å². The molecule has 3 N–H and O–H groups in total. The molecule has 1 fully saturated rings. The number of amidine groups is 1. The van der Waals surface area contributed by atoms with Crippen LogP contribution in [0.5, 0.6) is 0 Å². The number of alkyl halides is 1. The number of halogens is 2. The average molecular weight is 570 g/mol. The summed E-state index contributed by atoms with van der Waals surface area (Å²) in [5, 5.41) is 9.35. The molecule has 210 valence electrons. The first-order valence-corrected chi connectivity index (χ1v) is 16.9. The lowest BCUT2D eigenvalue weighted by Gasteiger charge is -2.38. The van der Waals surface area contributed by atoms with Gasteiger partial charge in [0, 0.05) is 42.7 Å². The van der Waals surface area contributed by atoms with E-state index >= 15 is 8.78 Å². The van der Waals surface area contributed by atoms with E-state index in [1.165, 1.54) is 23.1 Å². The SMILES string of the molecule is CC(C)(C)OC(=O)N(COCC[Si](C)(C)C)C1=N[C@](CF)(c2cc(N)ccc2F)[C@@H]2C[C@]2(/C=C/C(=O)O)S1. The second kappa shape index (κ2) is 11.0. The molecule has 0 unspecified atom stereocenters. The van der Waals surface area contributed by atoms with Gasteiger partial charge in [-0.1, -0.05) is 37.5 Å². The van der Waals surface area contributed by atoms with Crippen molar-refractivity contribution < 1.29 is 33.0 Å². The van der Waals surface area contributed by atoms with Crippen LogP contribution in [0.1, 0.15) is 32.8 Å². The van der Waals surface area contributed by atoms with Crippen LogP contribution in [0.15, 0.2) is 35.3 Å². The zero-order chi connectivity index (χ0) is 28.5. The molecule has 1 amide bonds. The number of carbonyl (C=O) groups excluding carboxylic acids is 1. The van der Waals surface area contributed by atoms with Crippen LogP contribution >= 0.6 is 11.8 Å². The van der Waals surface area contributed by atoms with Gasteiger partial charge in [-0.2, -0.15) is 0 Å². The van der Waals surface area contributed by atoms with Gasteiger partial charge in [-0.15, -0.1) is 0 Å². The molecule has 3 atom stereocenters. The normalized spacial score (nSPS) is 25.1. The lowest BCUT2D eigenvalue weighted by atomic mass is 9.84. The van der Waals surface area contributed by atoms with Crippen LogP contribution in [0.25, 0.3) is 0 Å². The fraction of sp³-hybridized carbons (Fsp3) is 0.577. The predicted molar refractivity (Wildman–Crippen MR) is 148 cm³/mol. The molecular formula is C26H37F2N3O5SSi. The number of rotatable bonds is 9. The lowest BCUT2D eigenvalue weighted by Crippen LogP contribution is -2.46. The molecule has 0 aromatic heterocycles. The number of amides is 1. The summed E-state index contributed by atoms with van der Waals surface area (Å²) < 4.78 is 40.8. The van der Waals surface area contributed by atoms with Crippen LogP contribution in [-0.4, -0.2) is 65.7 Å². The molecule has 3 rings (SSSR count). The third-order valence-electron chi connectivity index (χ3n) is 6.34. The quantitative estimate of drug-likeness (QED) is 0.130. The molecule has 1 aliphatic carbocycles. The largest absolute Gasteiger partial charge is 0.478 e. The number of thioether (sulfide) groups is 1. The minimum absolute atomic E-state index is 0.0443. The molecule has 2 aliphatic rings. The molecule has 1 saturated carbocycles. The smallest absolute Gasteiger partial charge is 0.418 e. The number of nitrogens with two attached hydrogens (primary N) is 1. The molecule has 0 saturated heterocycles. The van der Waals surface area contributed by atoms with Gasteiger partial charge in [0.25, 0.3) is 0 Å². The van der Waals surface area contributed by atoms with Gasteiger partial charge in [0.15, 0.2) is 5.17 Å². The third kappa shape index (κ3) is 6.95. The van der Waals surface area contributed by atoms with E-state index in [0.29, 0.717) is 13.0 Å². The summed E-state index contributed by atoms with van der Waals surface area (Å²) in [5.41, 5.74) is 3.56. The van der Waals surface area contributed by atoms with Crippen molar-refractivity contribution in [2.45, 2.75) is 68.8 Å². The monoisotopic (exact) mass is 569 g/mol. The first-order valence-electron chi connectivity index (χ1n) is 12.4. The van der Waals surface area contributed by atoms with Gasteiger partial charge in [-0.05, 0) is 51.4 Å². The lowest BCUT2D eigenvalue weighted by molar-refractivity contribution is -0.131. The van der Waals surface area contributed by atoms with E-state index in [-0.39, 0.29) is 23.1 Å². The summed E-state index contributed by atoms with van der Waals surface area (Å²) in [5.74, 6) is -2.42. The Kier molecular flexibility index (Phi) is 8.69. The number of anilines is 1. The summed E-state index contributed by atoms with van der Waals surface area (Å²) in [7, 11) is -1.42. The van der Waals surface area contributed by atoms with Crippen molar-refractivity contribution in [1.29, 1.82) is 0 Å². The molecule has 1 aromatic carbocycles. The minimum Gasteiger partial charge on any atom is -0.478 e. The molecule has 38 heavy (non-hydrogen) atoms. The summed E-state index contributed by atoms with van der Waals surface area (Å²) in [6.45, 7) is 10.9. The number of hydrogen-bond acceptors (Lipinski definition) is 7. The molecule has 1 aromatic rings. The van der Waals surface area contributed by atoms with Gasteiger partial charge < -0.3 is 20.3 Å². The summed E-state index contributed by atoms with van der Waals surface area (Å²) in [6, 6.07) is 4.72. The number of nitrogen functional groups attached to an aromatic ring is 1. The fourth-order valence-electron chi connectivity index (χ4n) is 4.29. The molecule has 0 bridgehead atoms. The van der Waals surface area contributed by atoms with E-state index in [0.717, 1.165) is 29.9 Å². The Hall–Kier alpha value is -2.44. The summed E-state index contributed by atoms with van der Waals surface area (Å²) in [6.07, 6.45) is 2.02. The fourth-order valence-corrected chi connectivity index (χ4v) is 6.55. The van der Waals surface area contributed by atoms with E-state index in [9.17, 15) is 14.7 Å². The summed E-state index contributed by atoms with van der Waals surface area (Å²) >= 11 is 1.13. The van der Waals surface area contributed by atoms with E-state index < -0.39 is 54.4 Å². The third-order valence-corrected chi connectivity index (χ3v) is 9.50. The maximum atomic E-state index is 15.1. The van der Waals surface area contributed by atoms with Crippen molar-refractivity contribution >= 4 is 42.8 Å². The van der Waals surface area contributed by atoms with Crippen molar-refractivity contribution in [3.63, 3.8) is 0 Å². The Morgan fingerprint density at radius 3 is 2.61 bits per heavy atom. The van der Waals surface area contributed by atoms with E-state index in [2.05, 4.69) is 24.6 Å². The van der Waals surface area contributed by atoms with Gasteiger partial charge >= 0.3 is 12.1 Å². The standard InChI is InChI=1S/C26H37F2N3O5SSi/c1-24(2,3)36-23(34)31(16-35-11-12-38(4,5)6)22-30-26(15-27,18-13-17(29)7-8-19(18)28)20-14-25(20,37-22)10-9-21(32)33/h7-10,13,20H,11-12,14-16,29H2,1-6H3,(H,32,33)/b10-9+/t20-,25+,26-/m1/s1. The molecule has 8 nitrogen and oxygen atoms in total. The number of carboxylic acid groups (broad SMARTS) is 1. The summed E-state index contributed by atoms with van der Waals surface area (Å²) in [4.78, 5) is 30.5. The Morgan fingerprint density at radius 2 is 2.03 bits per heavy atom. The molecule has 0 radical (unpaired) electrons. The zero-order valence-electron chi connectivity index (χ0n) is 22.7. The van der Waals surface area contributed by atoms with Crippen LogP contribution in [0.3, 0.4) is 0 Å². The zero-order valence-corrected chi connectivity index (χ0v) is 24.5. The molecular weight excluding hydrogens is 532 g/mol. The van der Waals surface area contributed by atoms with Crippen LogP contribution < -0.4 is 5.73 Å². The molecule has 0 spiro atoms. The number of benzene rings is 1. The van der Waals surface area contributed by atoms with E-state index in [1.54, 1.807) is 20.8 Å². The van der Waals surface area contributed by atoms with Gasteiger partial charge in [0.05, 0.1) is 0 Å². The number of fused-ring (bicyclic) bond motifs is 1. The topological polar surface area (TPSA) is 114 Å². The first kappa shape index (κ1) is 30.1. The second-order valence-corrected chi connectivity index (χ2v) is 18.9. The highest BCUT2D eigenvalue weighted by Crippen LogP contribution is 2.67. The van der Waals surface area contributed by atoms with Crippen LogP contribution in [0.2, 0.25) is 25.7 Å². The maximum absolute atomic E-state index is 15.1. The highest BCUT2D eigenvalue weighted by Gasteiger charge is 2.68. The number of carboxylic acids is 1. The number of aliphatic carboxylic acids is 1. The minimum atomic E-state index is -1.72. The van der Waals surface area contributed by atoms with Crippen molar-refractivity contribution in [3.05, 3.63) is 41.7 Å². The second-order valence-electron chi connectivity index (χ2n) is 11.9. The number of carbonyl (C=O) groups is 2. The number of nitrogens with zero attached hydrogens (tertiary/aromatic N) is 2. The Bertz CT molecular complexity index is 1140. The van der Waals surface area contributed by atoms with Crippen LogP contribution in [0, 0.1) is 11.7 Å². The van der Waals surface area contributed by atoms with E-state index in [4.69, 9.17) is 15.2 Å². The van der Waals surface area contributed by atoms with Crippen LogP contribution in [0.4, 0.5) is 19.3 Å². The maximum Gasteiger partial charge on any atom is 0.418 e. The molecule has 1 aliphatic heterocycles. The predicted octanol–water partition coefficient (Wildman–Crippen LogP) is 5.62. The van der Waals surface area contributed by atoms with Gasteiger partial charge in [-0.3, -0.25) is 0 Å². The highest BCUT2D eigenvalue weighted by molar-refractivity contribution is 8.15. The van der Waals surface area contributed by atoms with Crippen molar-refractivity contribution in [2.24, 2.45) is 10.9 Å². The Morgan fingerprint density at radius 1 is 1.34 bits per heavy atom. The average Bonchev–Trinajstić information content (AvgIpc) is 3.52. The van der Waals surface area contributed by atoms with Gasteiger partial charge in [0.2, 0.25) is 0 Å². The number of aliphatic imine (C=N–C) groups is 1. The molecule has 1 heterocycles. The van der Waals surface area contributed by atoms with Crippen molar-refractivity contribution in [1.82, 2.24) is 4.90 Å². The Balaban J connectivity index is 2.10. The van der Waals surface area contributed by atoms with Crippen LogP contribution in [-0.2, 0) is 19.8 Å². The van der Waals surface area contributed by atoms with Gasteiger partial charge in [0.1, 0.15) is 30.4 Å². The number of ether oxygens (including phenoxy) is 2. The number of hydrogen-bond donors (Lipinski definition) is 2. The molecule has 12 heteroatoms. The Labute approximate surface area is 227 Å². The van der Waals surface area contributed by atoms with Gasteiger partial charge in [-0.25, -0.2) is 28.3 Å². The van der Waals surface area contributed by atoms with E-state index in [1.807, 2.05) is 0 Å². The highest BCUT2D eigenvalue weighted by atomic mass is 32.2. The van der Waals surface area contributed by atoms with Crippen molar-refractivity contribution in [3.8, 4) is 0 Å².